The maximum Gasteiger partial charge on any atom is 0.326 e. The number of aliphatic hydroxyl groups is 1. The van der Waals surface area contributed by atoms with Gasteiger partial charge in [-0.2, -0.15) is 25.3 Å². The minimum absolute atomic E-state index is 0.0287. The van der Waals surface area contributed by atoms with E-state index in [1.54, 1.807) is 50.2 Å². The molecule has 2 aliphatic heterocycles. The Morgan fingerprint density at radius 2 is 1.08 bits per heavy atom. The standard InChI is InChI=1S/C83H118N24O22S2/c1-43(2)31-52(72(119)101-56(33-46-22-24-49(109)25-23-46)80(127)107-30-13-20-58(107)76(123)102-57(41-130)75(122)100-55(35-61(86)111)70(117)94-40-65(115)106-29-14-21-59(106)81(128)129)96-63(113)38-91-62(112)37-92-78(125)67(47-17-10-7-11-18-47)104-73(120)54(34-48-36-89-42-95-48)97-64(114)39-93-77(124)66(44(3)108)103-79(126)68(83(4,5)131)105-74(121)53(32-45-15-8-6-9-16-45)99-71(118)51(19-12-28-90-82(87)88)98-69(116)50(84)26-27-60(85)110/h6-11,15-18,22-25,36,42-44,50-59,66-68,108-109,130-131H,12-14,19-21,26-35,37-41,84H2,1-5H3,(H2,85,110)(H2,86,111)(H,89,95)(H,91,112)(H,92,125)(H,93,124)(H,94,117)(H,96,113)(H,97,114)(H,98,116)(H,99,118)(H,100,122)(H,101,119)(H,102,123)(H,103,126)(H,104,120)(H,105,121)(H,128,129)(H4,87,88,90)/t44-,50+,51+,52+,53+,54+,55+,56+,57+,58+,59+,66+,67+,68-/m1/s1. The third-order valence-corrected chi connectivity index (χ3v) is 21.4. The second-order valence-corrected chi connectivity index (χ2v) is 33.8. The van der Waals surface area contributed by atoms with Crippen molar-refractivity contribution in [1.29, 1.82) is 0 Å². The molecule has 2 aliphatic rings. The van der Waals surface area contributed by atoms with Crippen molar-refractivity contribution in [3.8, 4) is 5.75 Å². The highest BCUT2D eigenvalue weighted by molar-refractivity contribution is 7.81. The number of benzene rings is 3. The highest BCUT2D eigenvalue weighted by Gasteiger charge is 2.44. The van der Waals surface area contributed by atoms with Gasteiger partial charge in [0.15, 0.2) is 5.96 Å². The first-order valence-electron chi connectivity index (χ1n) is 42.1. The van der Waals surface area contributed by atoms with Gasteiger partial charge in [-0.15, -0.1) is 0 Å². The van der Waals surface area contributed by atoms with Gasteiger partial charge in [0, 0.05) is 67.7 Å². The average molecular weight is 1870 g/mol. The summed E-state index contributed by atoms with van der Waals surface area (Å²) >= 11 is 8.81. The minimum Gasteiger partial charge on any atom is -0.508 e. The first-order valence-corrected chi connectivity index (χ1v) is 43.2. The number of phenols is 1. The lowest BCUT2D eigenvalue weighted by molar-refractivity contribution is -0.148. The van der Waals surface area contributed by atoms with E-state index in [1.807, 2.05) is 0 Å². The Hall–Kier alpha value is -13.5. The molecule has 2 saturated heterocycles. The van der Waals surface area contributed by atoms with Gasteiger partial charge in [-0.05, 0) is 107 Å². The summed E-state index contributed by atoms with van der Waals surface area (Å²) in [4.78, 5) is 272. The number of amides is 18. The fourth-order valence-electron chi connectivity index (χ4n) is 14.0. The van der Waals surface area contributed by atoms with E-state index in [0.29, 0.717) is 23.2 Å². The average Bonchev–Trinajstić information content (AvgIpc) is 1.70. The number of rotatable bonds is 52. The van der Waals surface area contributed by atoms with E-state index in [-0.39, 0.29) is 119 Å². The predicted octanol–water partition coefficient (Wildman–Crippen LogP) is -7.52. The van der Waals surface area contributed by atoms with Crippen LogP contribution in [0, 0.1) is 5.92 Å². The number of aromatic amines is 1. The van der Waals surface area contributed by atoms with E-state index in [4.69, 9.17) is 28.7 Å². The van der Waals surface area contributed by atoms with Gasteiger partial charge < -0.3 is 133 Å². The fourth-order valence-corrected chi connectivity index (χ4v) is 14.4. The molecule has 48 heteroatoms. The molecule has 6 rings (SSSR count). The van der Waals surface area contributed by atoms with Crippen LogP contribution >= 0.6 is 25.3 Å². The Kier molecular flexibility index (Phi) is 42.4. The molecule has 0 unspecified atom stereocenters. The van der Waals surface area contributed by atoms with Crippen molar-refractivity contribution in [1.82, 2.24) is 94.2 Å². The Labute approximate surface area is 764 Å². The number of carboxylic acids is 1. The van der Waals surface area contributed by atoms with Crippen LogP contribution in [-0.2, 0) is 110 Å². The molecule has 2 fully saturated rings. The quantitative estimate of drug-likeness (QED) is 0.00845. The van der Waals surface area contributed by atoms with Crippen molar-refractivity contribution in [2.75, 3.05) is 51.6 Å². The lowest BCUT2D eigenvalue weighted by Crippen LogP contribution is -2.64. The molecule has 18 amide bonds. The number of carbonyl (C=O) groups excluding carboxylic acids is 18. The fraction of sp³-hybridized carbons (Fsp3) is 0.506. The molecule has 0 saturated carbocycles. The van der Waals surface area contributed by atoms with Crippen LogP contribution in [0.2, 0.25) is 0 Å². The van der Waals surface area contributed by atoms with Gasteiger partial charge in [-0.3, -0.25) is 91.3 Å². The zero-order chi connectivity index (χ0) is 96.9. The van der Waals surface area contributed by atoms with Crippen LogP contribution in [0.3, 0.4) is 0 Å². The number of guanidine groups is 1. The number of nitrogens with one attached hydrogen (secondary N) is 15. The molecule has 4 aromatic rings. The Morgan fingerprint density at radius 3 is 1.67 bits per heavy atom. The highest BCUT2D eigenvalue weighted by atomic mass is 32.1. The monoisotopic (exact) mass is 1870 g/mol. The summed E-state index contributed by atoms with van der Waals surface area (Å²) in [6, 6.07) is 2.40. The summed E-state index contributed by atoms with van der Waals surface area (Å²) in [6.07, 6.45) is -0.0411. The molecule has 46 nitrogen and oxygen atoms in total. The third kappa shape index (κ3) is 35.5. The Bertz CT molecular complexity index is 4700. The number of carbonyl (C=O) groups is 19. The number of hydrogen-bond acceptors (Lipinski definition) is 26. The number of aliphatic carboxylic acids is 1. The van der Waals surface area contributed by atoms with Gasteiger partial charge in [0.05, 0.1) is 51.1 Å². The summed E-state index contributed by atoms with van der Waals surface area (Å²) in [7, 11) is 0. The molecule has 0 aliphatic carbocycles. The van der Waals surface area contributed by atoms with E-state index < -0.39 is 234 Å². The molecule has 3 aromatic carbocycles. The van der Waals surface area contributed by atoms with Crippen molar-refractivity contribution in [3.05, 3.63) is 120 Å². The van der Waals surface area contributed by atoms with Gasteiger partial charge in [-0.1, -0.05) is 86.6 Å². The summed E-state index contributed by atoms with van der Waals surface area (Å²) < 4.78 is -1.48. The summed E-state index contributed by atoms with van der Waals surface area (Å²) in [6.45, 7) is 4.40. The molecule has 0 bridgehead atoms. The van der Waals surface area contributed by atoms with Crippen molar-refractivity contribution < 1.29 is 106 Å². The number of aromatic hydroxyl groups is 1. The molecular formula is C83H118N24O22S2. The molecule has 131 heavy (non-hydrogen) atoms. The van der Waals surface area contributed by atoms with Crippen LogP contribution in [0.25, 0.3) is 0 Å². The first-order chi connectivity index (χ1) is 61.9. The number of aliphatic imine (C=N–C) groups is 1. The summed E-state index contributed by atoms with van der Waals surface area (Å²) in [5, 5.41) is 65.4. The van der Waals surface area contributed by atoms with Gasteiger partial charge in [0.2, 0.25) is 106 Å². The Morgan fingerprint density at radius 1 is 0.542 bits per heavy atom. The zero-order valence-electron chi connectivity index (χ0n) is 72.9. The highest BCUT2D eigenvalue weighted by Crippen LogP contribution is 2.24. The van der Waals surface area contributed by atoms with Crippen LogP contribution in [-0.4, -0.2) is 288 Å². The molecule has 14 atom stereocenters. The second kappa shape index (κ2) is 52.2. The zero-order valence-corrected chi connectivity index (χ0v) is 74.7. The number of primary amides is 2. The number of carboxylic acid groups (broad SMARTS) is 1. The first kappa shape index (κ1) is 106. The topological polar surface area (TPSA) is 731 Å². The normalized spacial score (nSPS) is 16.2. The molecule has 0 radical (unpaired) electrons. The minimum atomic E-state index is -1.85. The molecular weight excluding hydrogens is 1750 g/mol. The number of hydrogen-bond donors (Lipinski definition) is 25. The maximum absolute atomic E-state index is 14.8. The molecule has 3 heterocycles. The number of aromatic nitrogens is 2. The van der Waals surface area contributed by atoms with E-state index in [1.165, 1.54) is 79.8 Å². The van der Waals surface area contributed by atoms with Gasteiger partial charge in [0.1, 0.15) is 78.3 Å². The number of thiol groups is 2. The van der Waals surface area contributed by atoms with E-state index in [2.05, 4.69) is 115 Å². The van der Waals surface area contributed by atoms with Crippen LogP contribution in [0.1, 0.15) is 127 Å². The lowest BCUT2D eigenvalue weighted by atomic mass is 9.99. The molecule has 714 valence electrons. The number of likely N-dealkylation sites (tertiary alicyclic amines) is 2. The predicted molar refractivity (Wildman–Crippen MR) is 476 cm³/mol. The van der Waals surface area contributed by atoms with Crippen LogP contribution in [0.15, 0.2) is 102 Å². The van der Waals surface area contributed by atoms with E-state index in [9.17, 15) is 106 Å². The molecule has 0 spiro atoms. The SMILES string of the molecule is CC(C)C[C@H](NC(=O)CNC(=O)CNC(=O)[C@@H](NC(=O)[C@H](Cc1cnc[nH]1)NC(=O)CNC(=O)[C@@H](NC(=O)[C@@H](NC(=O)[C@H](Cc1ccccc1)NC(=O)[C@H](CCCN=C(N)N)NC(=O)[C@@H](N)CCC(N)=O)C(C)(C)S)[C@@H](C)O)c1ccccc1)C(=O)N[C@@H](Cc1ccc(O)cc1)C(=O)N1CCC[C@H]1C(=O)N[C@@H](CS)C(=O)N[C@@H](CC(N)=O)C(=O)NCC(=O)N1CCC[C@H]1C(=O)O. The summed E-state index contributed by atoms with van der Waals surface area (Å²) in [5.74, 6) is -19.1. The van der Waals surface area contributed by atoms with Gasteiger partial charge in [-0.25, -0.2) is 9.78 Å². The number of nitrogens with zero attached hydrogens (tertiary/aromatic N) is 4. The van der Waals surface area contributed by atoms with Gasteiger partial charge >= 0.3 is 5.97 Å². The van der Waals surface area contributed by atoms with Crippen LogP contribution < -0.4 is 103 Å². The largest absolute Gasteiger partial charge is 0.508 e. The summed E-state index contributed by atoms with van der Waals surface area (Å²) in [5.41, 5.74) is 29.1. The van der Waals surface area contributed by atoms with Crippen LogP contribution in [0.5, 0.6) is 5.75 Å². The maximum atomic E-state index is 14.8. The molecule has 28 N–H and O–H groups in total. The number of phenolic OH excluding ortho intramolecular Hbond substituents is 1. The van der Waals surface area contributed by atoms with Crippen LogP contribution in [0.4, 0.5) is 0 Å². The van der Waals surface area contributed by atoms with Crippen molar-refractivity contribution in [3.63, 3.8) is 0 Å². The third-order valence-electron chi connectivity index (χ3n) is 20.8. The smallest absolute Gasteiger partial charge is 0.326 e. The number of nitrogens with two attached hydrogens (primary N) is 5. The number of aliphatic hydroxyl groups excluding tert-OH is 1. The van der Waals surface area contributed by atoms with Crippen molar-refractivity contribution in [2.45, 2.75) is 207 Å². The van der Waals surface area contributed by atoms with E-state index in [0.717, 1.165) is 11.8 Å². The van der Waals surface area contributed by atoms with Crippen molar-refractivity contribution in [2.24, 2.45) is 39.6 Å². The number of imidazole rings is 1. The van der Waals surface area contributed by atoms with Gasteiger partial charge in [0.25, 0.3) is 0 Å². The lowest BCUT2D eigenvalue weighted by Gasteiger charge is -2.33. The Balaban J connectivity index is 1.08. The van der Waals surface area contributed by atoms with E-state index >= 15 is 0 Å². The second-order valence-electron chi connectivity index (χ2n) is 32.3. The number of H-pyrrole nitrogens is 1. The van der Waals surface area contributed by atoms with Crippen molar-refractivity contribution >= 4 is 144 Å². The molecule has 1 aromatic heterocycles.